The molecule has 36 heavy (non-hydrogen) atoms. The fourth-order valence-corrected chi connectivity index (χ4v) is 4.77. The average molecular weight is 486 g/mol. The van der Waals surface area contributed by atoms with E-state index in [1.54, 1.807) is 11.8 Å². The largest absolute Gasteiger partial charge is 0.486 e. The van der Waals surface area contributed by atoms with Gasteiger partial charge in [-0.05, 0) is 56.0 Å². The molecule has 1 N–H and O–H groups in total. The summed E-state index contributed by atoms with van der Waals surface area (Å²) >= 11 is 0. The number of hydrogen-bond acceptors (Lipinski definition) is 6. The molecule has 2 amide bonds. The van der Waals surface area contributed by atoms with Crippen LogP contribution in [0.1, 0.15) is 33.1 Å². The Morgan fingerprint density at radius 2 is 1.75 bits per heavy atom. The highest BCUT2D eigenvalue weighted by atomic mass is 16.5. The van der Waals surface area contributed by atoms with Gasteiger partial charge in [0.2, 0.25) is 5.95 Å². The maximum Gasteiger partial charge on any atom is 0.326 e. The number of rotatable bonds is 5. The second kappa shape index (κ2) is 10.4. The fraction of sp³-hybridized carbons (Fsp3) is 0.357. The Balaban J connectivity index is 1.33. The van der Waals surface area contributed by atoms with Crippen LogP contribution in [0.3, 0.4) is 0 Å². The number of aromatic nitrogens is 2. The van der Waals surface area contributed by atoms with Crippen LogP contribution in [0.2, 0.25) is 0 Å². The number of urea groups is 1. The topological polar surface area (TPSA) is 87.7 Å². The summed E-state index contributed by atoms with van der Waals surface area (Å²) in [6.07, 6.45) is 6.02. The molecule has 0 aliphatic carbocycles. The molecule has 186 valence electrons. The molecule has 0 saturated carbocycles. The predicted molar refractivity (Wildman–Crippen MR) is 141 cm³/mol. The molecule has 3 heterocycles. The SMILES string of the molecule is CCC1CN(C(=O)Nc2ccccc2)c2ccc(-c3cnc(N4CCC(C(C)=O)CC4)nc3)cc2O1. The summed E-state index contributed by atoms with van der Waals surface area (Å²) in [6, 6.07) is 15.1. The first-order valence-corrected chi connectivity index (χ1v) is 12.5. The number of anilines is 3. The highest BCUT2D eigenvalue weighted by molar-refractivity contribution is 6.03. The Bertz CT molecular complexity index is 1220. The van der Waals surface area contributed by atoms with E-state index in [4.69, 9.17) is 4.74 Å². The quantitative estimate of drug-likeness (QED) is 0.537. The second-order valence-electron chi connectivity index (χ2n) is 9.38. The molecule has 0 spiro atoms. The van der Waals surface area contributed by atoms with Gasteiger partial charge in [0.1, 0.15) is 17.6 Å². The molecule has 0 radical (unpaired) electrons. The number of carbonyl (C=O) groups is 2. The number of ether oxygens (including phenoxy) is 1. The van der Waals surface area contributed by atoms with Gasteiger partial charge >= 0.3 is 6.03 Å². The number of ketones is 1. The Hall–Kier alpha value is -3.94. The Labute approximate surface area is 211 Å². The lowest BCUT2D eigenvalue weighted by Crippen LogP contribution is -2.45. The Kier molecular flexibility index (Phi) is 6.84. The number of fused-ring (bicyclic) bond motifs is 1. The maximum atomic E-state index is 13.1. The van der Waals surface area contributed by atoms with Crippen LogP contribution < -0.4 is 19.9 Å². The summed E-state index contributed by atoms with van der Waals surface area (Å²) in [6.45, 7) is 5.79. The molecule has 0 bridgehead atoms. The number of para-hydroxylation sites is 1. The minimum atomic E-state index is -0.182. The number of nitrogens with one attached hydrogen (secondary N) is 1. The first-order valence-electron chi connectivity index (χ1n) is 12.5. The summed E-state index contributed by atoms with van der Waals surface area (Å²) in [4.78, 5) is 37.8. The second-order valence-corrected chi connectivity index (χ2v) is 9.38. The van der Waals surface area contributed by atoms with E-state index >= 15 is 0 Å². The zero-order valence-corrected chi connectivity index (χ0v) is 20.7. The van der Waals surface area contributed by atoms with Crippen molar-refractivity contribution in [3.05, 3.63) is 60.9 Å². The van der Waals surface area contributed by atoms with Crippen LogP contribution in [0.25, 0.3) is 11.1 Å². The van der Waals surface area contributed by atoms with E-state index in [1.807, 2.05) is 60.9 Å². The summed E-state index contributed by atoms with van der Waals surface area (Å²) in [5.41, 5.74) is 3.30. The van der Waals surface area contributed by atoms with Crippen molar-refractivity contribution in [2.75, 3.05) is 34.8 Å². The van der Waals surface area contributed by atoms with E-state index in [9.17, 15) is 9.59 Å². The number of carbonyl (C=O) groups excluding carboxylic acids is 2. The van der Waals surface area contributed by atoms with Crippen molar-refractivity contribution in [2.45, 2.75) is 39.2 Å². The third-order valence-corrected chi connectivity index (χ3v) is 6.98. The predicted octanol–water partition coefficient (Wildman–Crippen LogP) is 5.16. The van der Waals surface area contributed by atoms with Gasteiger partial charge < -0.3 is 15.0 Å². The number of amides is 2. The zero-order chi connectivity index (χ0) is 25.1. The summed E-state index contributed by atoms with van der Waals surface area (Å²) < 4.78 is 6.22. The smallest absolute Gasteiger partial charge is 0.326 e. The molecular formula is C28H31N5O3. The molecule has 8 heteroatoms. The number of nitrogens with zero attached hydrogens (tertiary/aromatic N) is 4. The summed E-state index contributed by atoms with van der Waals surface area (Å²) in [5, 5.41) is 2.98. The Morgan fingerprint density at radius 1 is 1.03 bits per heavy atom. The molecule has 2 aliphatic heterocycles. The number of piperidine rings is 1. The standard InChI is InChI=1S/C28H31N5O3/c1-3-24-18-33(28(35)31-23-7-5-4-6-8-23)25-10-9-21(15-26(25)36-24)22-16-29-27(30-17-22)32-13-11-20(12-14-32)19(2)34/h4-10,15-17,20,24H,3,11-14,18H2,1-2H3,(H,31,35). The number of benzene rings is 2. The lowest BCUT2D eigenvalue weighted by molar-refractivity contribution is -0.121. The molecule has 5 rings (SSSR count). The maximum absolute atomic E-state index is 13.1. The molecule has 1 saturated heterocycles. The third-order valence-electron chi connectivity index (χ3n) is 6.98. The van der Waals surface area contributed by atoms with Gasteiger partial charge in [-0.2, -0.15) is 0 Å². The van der Waals surface area contributed by atoms with Crippen LogP contribution >= 0.6 is 0 Å². The lowest BCUT2D eigenvalue weighted by atomic mass is 9.93. The molecule has 1 atom stereocenters. The van der Waals surface area contributed by atoms with Crippen molar-refractivity contribution >= 4 is 29.1 Å². The van der Waals surface area contributed by atoms with Gasteiger partial charge in [-0.3, -0.25) is 9.69 Å². The summed E-state index contributed by atoms with van der Waals surface area (Å²) in [5.74, 6) is 1.77. The van der Waals surface area contributed by atoms with Gasteiger partial charge in [0, 0.05) is 42.7 Å². The van der Waals surface area contributed by atoms with E-state index in [1.165, 1.54) is 0 Å². The first-order chi connectivity index (χ1) is 17.5. The highest BCUT2D eigenvalue weighted by Crippen LogP contribution is 2.38. The third kappa shape index (κ3) is 5.03. The molecule has 8 nitrogen and oxygen atoms in total. The van der Waals surface area contributed by atoms with Crippen LogP contribution in [0.5, 0.6) is 5.75 Å². The monoisotopic (exact) mass is 485 g/mol. The van der Waals surface area contributed by atoms with Crippen molar-refractivity contribution < 1.29 is 14.3 Å². The lowest BCUT2D eigenvalue weighted by Gasteiger charge is -2.35. The summed E-state index contributed by atoms with van der Waals surface area (Å²) in [7, 11) is 0. The van der Waals surface area contributed by atoms with E-state index in [-0.39, 0.29) is 23.8 Å². The molecule has 2 aromatic carbocycles. The van der Waals surface area contributed by atoms with E-state index in [0.29, 0.717) is 18.2 Å². The fourth-order valence-electron chi connectivity index (χ4n) is 4.77. The van der Waals surface area contributed by atoms with Gasteiger partial charge in [0.25, 0.3) is 0 Å². The van der Waals surface area contributed by atoms with Gasteiger partial charge in [-0.1, -0.05) is 31.2 Å². The van der Waals surface area contributed by atoms with Gasteiger partial charge in [-0.25, -0.2) is 14.8 Å². The zero-order valence-electron chi connectivity index (χ0n) is 20.7. The van der Waals surface area contributed by atoms with Crippen molar-refractivity contribution in [2.24, 2.45) is 5.92 Å². The molecule has 1 fully saturated rings. The molecular weight excluding hydrogens is 454 g/mol. The number of Topliss-reactive ketones (excluding diaryl/α,β-unsaturated/α-hetero) is 1. The molecule has 3 aromatic rings. The van der Waals surface area contributed by atoms with Crippen LogP contribution in [0, 0.1) is 5.92 Å². The van der Waals surface area contributed by atoms with Gasteiger partial charge in [-0.15, -0.1) is 0 Å². The average Bonchev–Trinajstić information content (AvgIpc) is 2.92. The van der Waals surface area contributed by atoms with E-state index in [2.05, 4.69) is 27.1 Å². The minimum Gasteiger partial charge on any atom is -0.486 e. The van der Waals surface area contributed by atoms with Crippen molar-refractivity contribution in [3.8, 4) is 16.9 Å². The molecule has 1 unspecified atom stereocenters. The minimum absolute atomic E-state index is 0.0918. The number of hydrogen-bond donors (Lipinski definition) is 1. The van der Waals surface area contributed by atoms with E-state index in [0.717, 1.165) is 54.9 Å². The van der Waals surface area contributed by atoms with Crippen molar-refractivity contribution in [1.82, 2.24) is 9.97 Å². The first kappa shape index (κ1) is 23.8. The van der Waals surface area contributed by atoms with Gasteiger partial charge in [0.15, 0.2) is 0 Å². The van der Waals surface area contributed by atoms with Gasteiger partial charge in [0.05, 0.1) is 12.2 Å². The Morgan fingerprint density at radius 3 is 2.42 bits per heavy atom. The van der Waals surface area contributed by atoms with Crippen LogP contribution in [0.15, 0.2) is 60.9 Å². The normalized spacial score (nSPS) is 17.8. The van der Waals surface area contributed by atoms with Crippen LogP contribution in [-0.2, 0) is 4.79 Å². The molecule has 1 aromatic heterocycles. The van der Waals surface area contributed by atoms with Crippen molar-refractivity contribution in [1.29, 1.82) is 0 Å². The van der Waals surface area contributed by atoms with Crippen LogP contribution in [0.4, 0.5) is 22.1 Å². The molecule has 2 aliphatic rings. The highest BCUT2D eigenvalue weighted by Gasteiger charge is 2.30. The van der Waals surface area contributed by atoms with Crippen LogP contribution in [-0.4, -0.2) is 47.5 Å². The van der Waals surface area contributed by atoms with Crippen molar-refractivity contribution in [3.63, 3.8) is 0 Å². The van der Waals surface area contributed by atoms with E-state index < -0.39 is 0 Å².